The molecule has 1 atom stereocenters. The topological polar surface area (TPSA) is 62.4 Å². The summed E-state index contributed by atoms with van der Waals surface area (Å²) >= 11 is 5.93. The monoisotopic (exact) mass is 279 g/mol. The predicted octanol–water partition coefficient (Wildman–Crippen LogP) is 1.96. The summed E-state index contributed by atoms with van der Waals surface area (Å²) in [6.45, 7) is 2.09. The number of halogens is 1. The molecule has 19 heavy (non-hydrogen) atoms. The van der Waals surface area contributed by atoms with Crippen LogP contribution in [0.25, 0.3) is 11.4 Å². The highest BCUT2D eigenvalue weighted by Crippen LogP contribution is 2.20. The Bertz CT molecular complexity index is 573. The van der Waals surface area contributed by atoms with E-state index in [1.165, 1.54) is 0 Å². The lowest BCUT2D eigenvalue weighted by atomic mass is 10.2. The first kappa shape index (κ1) is 12.6. The van der Waals surface area contributed by atoms with Crippen LogP contribution in [0.15, 0.2) is 28.8 Å². The first-order valence-electron chi connectivity index (χ1n) is 6.19. The van der Waals surface area contributed by atoms with Gasteiger partial charge in [-0.3, -0.25) is 4.90 Å². The largest absolute Gasteiger partial charge is 0.392 e. The van der Waals surface area contributed by atoms with E-state index in [1.807, 2.05) is 12.1 Å². The van der Waals surface area contributed by atoms with Crippen LogP contribution in [-0.4, -0.2) is 39.3 Å². The first-order valence-corrected chi connectivity index (χ1v) is 6.57. The maximum Gasteiger partial charge on any atom is 0.241 e. The molecule has 1 fully saturated rings. The maximum absolute atomic E-state index is 9.47. The molecular formula is C13H14ClN3O2. The van der Waals surface area contributed by atoms with Crippen LogP contribution < -0.4 is 0 Å². The molecule has 0 amide bonds. The van der Waals surface area contributed by atoms with E-state index in [2.05, 4.69) is 15.0 Å². The zero-order chi connectivity index (χ0) is 13.2. The van der Waals surface area contributed by atoms with E-state index in [0.717, 1.165) is 18.5 Å². The standard InChI is InChI=1S/C13H14ClN3O2/c14-10-3-1-2-9(6-10)13-15-12(19-16-13)8-17-5-4-11(18)7-17/h1-3,6,11,18H,4-5,7-8H2. The second kappa shape index (κ2) is 5.28. The summed E-state index contributed by atoms with van der Waals surface area (Å²) in [5.41, 5.74) is 0.837. The summed E-state index contributed by atoms with van der Waals surface area (Å²) in [6, 6.07) is 7.35. The quantitative estimate of drug-likeness (QED) is 0.930. The predicted molar refractivity (Wildman–Crippen MR) is 70.6 cm³/mol. The number of β-amino-alcohol motifs (C(OH)–C–C–N with tert-alkyl or cyclic N) is 1. The molecule has 100 valence electrons. The van der Waals surface area contributed by atoms with Gasteiger partial charge in [0, 0.05) is 23.7 Å². The van der Waals surface area contributed by atoms with Gasteiger partial charge in [-0.2, -0.15) is 4.98 Å². The fourth-order valence-corrected chi connectivity index (χ4v) is 2.40. The van der Waals surface area contributed by atoms with Gasteiger partial charge in [-0.1, -0.05) is 28.9 Å². The molecule has 3 rings (SSSR count). The summed E-state index contributed by atoms with van der Waals surface area (Å²) < 4.78 is 5.23. The molecule has 1 aliphatic heterocycles. The van der Waals surface area contributed by atoms with Gasteiger partial charge in [-0.25, -0.2) is 0 Å². The van der Waals surface area contributed by atoms with E-state index in [9.17, 15) is 5.11 Å². The van der Waals surface area contributed by atoms with Crippen LogP contribution in [0.4, 0.5) is 0 Å². The molecule has 0 spiro atoms. The van der Waals surface area contributed by atoms with Crippen LogP contribution in [0.5, 0.6) is 0 Å². The van der Waals surface area contributed by atoms with Gasteiger partial charge in [0.2, 0.25) is 11.7 Å². The van der Waals surface area contributed by atoms with E-state index in [1.54, 1.807) is 12.1 Å². The van der Waals surface area contributed by atoms with E-state index in [-0.39, 0.29) is 6.10 Å². The summed E-state index contributed by atoms with van der Waals surface area (Å²) in [4.78, 5) is 6.45. The lowest BCUT2D eigenvalue weighted by Gasteiger charge is -2.10. The number of benzene rings is 1. The van der Waals surface area contributed by atoms with Gasteiger partial charge in [0.25, 0.3) is 0 Å². The maximum atomic E-state index is 9.47. The summed E-state index contributed by atoms with van der Waals surface area (Å²) in [6.07, 6.45) is 0.560. The highest BCUT2D eigenvalue weighted by atomic mass is 35.5. The van der Waals surface area contributed by atoms with Crippen molar-refractivity contribution in [2.75, 3.05) is 13.1 Å². The average Bonchev–Trinajstić information content (AvgIpc) is 2.99. The highest BCUT2D eigenvalue weighted by molar-refractivity contribution is 6.30. The van der Waals surface area contributed by atoms with Gasteiger partial charge in [0.05, 0.1) is 12.6 Å². The molecular weight excluding hydrogens is 266 g/mol. The lowest BCUT2D eigenvalue weighted by molar-refractivity contribution is 0.169. The third-order valence-electron chi connectivity index (χ3n) is 3.16. The lowest BCUT2D eigenvalue weighted by Crippen LogP contribution is -2.21. The summed E-state index contributed by atoms with van der Waals surface area (Å²) in [7, 11) is 0. The Labute approximate surface area is 115 Å². The fourth-order valence-electron chi connectivity index (χ4n) is 2.21. The van der Waals surface area contributed by atoms with Gasteiger partial charge in [0.1, 0.15) is 0 Å². The van der Waals surface area contributed by atoms with Crippen LogP contribution in [0, 0.1) is 0 Å². The van der Waals surface area contributed by atoms with E-state index < -0.39 is 0 Å². The molecule has 1 aromatic heterocycles. The van der Waals surface area contributed by atoms with Crippen LogP contribution >= 0.6 is 11.6 Å². The Morgan fingerprint density at radius 2 is 2.37 bits per heavy atom. The second-order valence-corrected chi connectivity index (χ2v) is 5.14. The van der Waals surface area contributed by atoms with Crippen LogP contribution in [0.2, 0.25) is 5.02 Å². The Morgan fingerprint density at radius 3 is 3.11 bits per heavy atom. The molecule has 1 unspecified atom stereocenters. The SMILES string of the molecule is OC1CCN(Cc2nc(-c3cccc(Cl)c3)no2)C1. The van der Waals surface area contributed by atoms with Crippen molar-refractivity contribution >= 4 is 11.6 Å². The summed E-state index contributed by atoms with van der Waals surface area (Å²) in [5.74, 6) is 1.10. The number of rotatable bonds is 3. The Hall–Kier alpha value is -1.43. The van der Waals surface area contributed by atoms with Crippen molar-refractivity contribution in [1.82, 2.24) is 15.0 Å². The molecule has 0 aliphatic carbocycles. The number of nitrogens with zero attached hydrogens (tertiary/aromatic N) is 3. The molecule has 0 saturated carbocycles. The van der Waals surface area contributed by atoms with E-state index in [4.69, 9.17) is 16.1 Å². The molecule has 1 aliphatic rings. The van der Waals surface area contributed by atoms with Gasteiger partial charge >= 0.3 is 0 Å². The van der Waals surface area contributed by atoms with Crippen molar-refractivity contribution in [3.05, 3.63) is 35.2 Å². The highest BCUT2D eigenvalue weighted by Gasteiger charge is 2.22. The minimum absolute atomic E-state index is 0.240. The molecule has 1 N–H and O–H groups in total. The number of likely N-dealkylation sites (tertiary alicyclic amines) is 1. The zero-order valence-corrected chi connectivity index (χ0v) is 11.0. The Morgan fingerprint density at radius 1 is 1.47 bits per heavy atom. The van der Waals surface area contributed by atoms with E-state index >= 15 is 0 Å². The summed E-state index contributed by atoms with van der Waals surface area (Å²) in [5, 5.41) is 14.1. The van der Waals surface area contributed by atoms with Crippen molar-refractivity contribution in [3.63, 3.8) is 0 Å². The van der Waals surface area contributed by atoms with Crippen molar-refractivity contribution in [3.8, 4) is 11.4 Å². The number of aliphatic hydroxyl groups is 1. The van der Waals surface area contributed by atoms with Crippen molar-refractivity contribution in [2.45, 2.75) is 19.1 Å². The molecule has 2 heterocycles. The van der Waals surface area contributed by atoms with Gasteiger partial charge in [-0.15, -0.1) is 0 Å². The van der Waals surface area contributed by atoms with Crippen molar-refractivity contribution in [1.29, 1.82) is 0 Å². The van der Waals surface area contributed by atoms with Crippen molar-refractivity contribution < 1.29 is 9.63 Å². The molecule has 0 bridgehead atoms. The number of aromatic nitrogens is 2. The van der Waals surface area contributed by atoms with Gasteiger partial charge < -0.3 is 9.63 Å². The Kier molecular flexibility index (Phi) is 3.50. The zero-order valence-electron chi connectivity index (χ0n) is 10.3. The molecule has 6 heteroatoms. The minimum Gasteiger partial charge on any atom is -0.392 e. The molecule has 2 aromatic rings. The molecule has 5 nitrogen and oxygen atoms in total. The second-order valence-electron chi connectivity index (χ2n) is 4.70. The fraction of sp³-hybridized carbons (Fsp3) is 0.385. The van der Waals surface area contributed by atoms with Crippen LogP contribution in [0.3, 0.4) is 0 Å². The first-order chi connectivity index (χ1) is 9.20. The minimum atomic E-state index is -0.240. The van der Waals surface area contributed by atoms with E-state index in [0.29, 0.717) is 29.8 Å². The third-order valence-corrected chi connectivity index (χ3v) is 3.39. The molecule has 0 radical (unpaired) electrons. The molecule has 1 saturated heterocycles. The third kappa shape index (κ3) is 2.94. The smallest absolute Gasteiger partial charge is 0.241 e. The Balaban J connectivity index is 1.73. The van der Waals surface area contributed by atoms with Gasteiger partial charge in [0.15, 0.2) is 0 Å². The normalized spacial score (nSPS) is 20.0. The van der Waals surface area contributed by atoms with Gasteiger partial charge in [-0.05, 0) is 18.6 Å². The van der Waals surface area contributed by atoms with Crippen LogP contribution in [-0.2, 0) is 6.54 Å². The van der Waals surface area contributed by atoms with Crippen molar-refractivity contribution in [2.24, 2.45) is 0 Å². The molecule has 1 aromatic carbocycles. The number of aliphatic hydroxyl groups excluding tert-OH is 1. The average molecular weight is 280 g/mol. The number of hydrogen-bond acceptors (Lipinski definition) is 5. The number of hydrogen-bond donors (Lipinski definition) is 1. The van der Waals surface area contributed by atoms with Crippen LogP contribution in [0.1, 0.15) is 12.3 Å².